The Morgan fingerprint density at radius 2 is 1.69 bits per heavy atom. The lowest BCUT2D eigenvalue weighted by atomic mass is 9.99. The van der Waals surface area contributed by atoms with Gasteiger partial charge in [-0.2, -0.15) is 13.2 Å². The predicted molar refractivity (Wildman–Crippen MR) is 124 cm³/mol. The van der Waals surface area contributed by atoms with Crippen LogP contribution < -0.4 is 5.32 Å². The van der Waals surface area contributed by atoms with Gasteiger partial charge in [0.15, 0.2) is 5.96 Å². The lowest BCUT2D eigenvalue weighted by Crippen LogP contribution is -2.56. The molecular formula is C20H39F3IN5. The summed E-state index contributed by atoms with van der Waals surface area (Å²) in [7, 11) is 0. The number of hydrogen-bond donors (Lipinski definition) is 1. The van der Waals surface area contributed by atoms with Crippen molar-refractivity contribution >= 4 is 29.9 Å². The molecule has 0 bridgehead atoms. The van der Waals surface area contributed by atoms with E-state index in [0.717, 1.165) is 44.4 Å². The molecule has 2 aliphatic heterocycles. The fraction of sp³-hybridized carbons (Fsp3) is 0.950. The van der Waals surface area contributed by atoms with Crippen LogP contribution in [-0.4, -0.2) is 91.8 Å². The van der Waals surface area contributed by atoms with Crippen molar-refractivity contribution in [1.82, 2.24) is 20.0 Å². The molecule has 2 saturated heterocycles. The van der Waals surface area contributed by atoms with Crippen molar-refractivity contribution in [2.45, 2.75) is 58.7 Å². The zero-order valence-electron chi connectivity index (χ0n) is 18.2. The van der Waals surface area contributed by atoms with Gasteiger partial charge in [-0.3, -0.25) is 9.89 Å². The van der Waals surface area contributed by atoms with E-state index in [1.165, 1.54) is 37.8 Å². The Hall–Kier alpha value is -0.290. The summed E-state index contributed by atoms with van der Waals surface area (Å²) in [4.78, 5) is 10.9. The molecule has 0 spiro atoms. The average molecular weight is 533 g/mol. The number of piperazine rings is 1. The summed E-state index contributed by atoms with van der Waals surface area (Å²) in [5.41, 5.74) is 0. The molecule has 2 fully saturated rings. The first-order valence-corrected chi connectivity index (χ1v) is 10.9. The minimum Gasteiger partial charge on any atom is -0.357 e. The molecular weight excluding hydrogens is 494 g/mol. The van der Waals surface area contributed by atoms with Gasteiger partial charge in [0.25, 0.3) is 0 Å². The molecule has 0 aromatic heterocycles. The maximum atomic E-state index is 12.9. The summed E-state index contributed by atoms with van der Waals surface area (Å²) in [5, 5.41) is 3.30. The molecule has 1 unspecified atom stereocenters. The minimum absolute atomic E-state index is 0. The molecule has 2 rings (SSSR count). The summed E-state index contributed by atoms with van der Waals surface area (Å²) in [6.07, 6.45) is 0.649. The van der Waals surface area contributed by atoms with Gasteiger partial charge in [-0.1, -0.05) is 6.92 Å². The smallest absolute Gasteiger partial charge is 0.357 e. The van der Waals surface area contributed by atoms with Crippen LogP contribution in [0.1, 0.15) is 46.5 Å². The number of nitrogens with zero attached hydrogens (tertiary/aromatic N) is 4. The van der Waals surface area contributed by atoms with Crippen LogP contribution in [0.25, 0.3) is 0 Å². The second-order valence-electron chi connectivity index (χ2n) is 8.21. The predicted octanol–water partition coefficient (Wildman–Crippen LogP) is 3.65. The van der Waals surface area contributed by atoms with Gasteiger partial charge in [0, 0.05) is 39.3 Å². The van der Waals surface area contributed by atoms with Gasteiger partial charge in [-0.15, -0.1) is 24.0 Å². The minimum atomic E-state index is -4.16. The molecule has 2 heterocycles. The van der Waals surface area contributed by atoms with Crippen LogP contribution in [0.15, 0.2) is 4.99 Å². The molecule has 0 saturated carbocycles. The standard InChI is InChI=1S/C20H38F3N5.HI/c1-4-24-19(25-9-5-6-10-26-11-7-17(2)8-12-26)28-15-13-27(14-16-28)18(3)20(21,22)23;/h17-18H,4-16H2,1-3H3,(H,24,25);1H. The summed E-state index contributed by atoms with van der Waals surface area (Å²) < 4.78 is 38.7. The van der Waals surface area contributed by atoms with Gasteiger partial charge in [-0.05, 0) is 65.1 Å². The highest BCUT2D eigenvalue weighted by molar-refractivity contribution is 14.0. The molecule has 2 aliphatic rings. The molecule has 0 aromatic carbocycles. The molecule has 0 aromatic rings. The highest BCUT2D eigenvalue weighted by Gasteiger charge is 2.41. The van der Waals surface area contributed by atoms with Crippen molar-refractivity contribution in [3.63, 3.8) is 0 Å². The van der Waals surface area contributed by atoms with Crippen molar-refractivity contribution in [2.24, 2.45) is 10.9 Å². The quantitative estimate of drug-likeness (QED) is 0.235. The van der Waals surface area contributed by atoms with Crippen LogP contribution in [0.3, 0.4) is 0 Å². The highest BCUT2D eigenvalue weighted by atomic mass is 127. The average Bonchev–Trinajstić information content (AvgIpc) is 2.67. The molecule has 0 amide bonds. The van der Waals surface area contributed by atoms with Gasteiger partial charge in [0.2, 0.25) is 0 Å². The first-order chi connectivity index (χ1) is 13.3. The molecule has 172 valence electrons. The third kappa shape index (κ3) is 9.16. The maximum absolute atomic E-state index is 12.9. The van der Waals surface area contributed by atoms with E-state index < -0.39 is 12.2 Å². The zero-order valence-corrected chi connectivity index (χ0v) is 20.5. The van der Waals surface area contributed by atoms with E-state index in [0.29, 0.717) is 26.2 Å². The second-order valence-corrected chi connectivity index (χ2v) is 8.21. The fourth-order valence-corrected chi connectivity index (χ4v) is 3.87. The van der Waals surface area contributed by atoms with Crippen molar-refractivity contribution in [2.75, 3.05) is 58.9 Å². The van der Waals surface area contributed by atoms with Crippen LogP contribution in [0.2, 0.25) is 0 Å². The number of halogens is 4. The fourth-order valence-electron chi connectivity index (χ4n) is 3.87. The van der Waals surface area contributed by atoms with E-state index in [9.17, 15) is 13.2 Å². The van der Waals surface area contributed by atoms with Crippen LogP contribution >= 0.6 is 24.0 Å². The highest BCUT2D eigenvalue weighted by Crippen LogP contribution is 2.25. The molecule has 1 N–H and O–H groups in total. The number of likely N-dealkylation sites (tertiary alicyclic amines) is 1. The first kappa shape index (κ1) is 26.7. The molecule has 9 heteroatoms. The van der Waals surface area contributed by atoms with Crippen molar-refractivity contribution in [3.8, 4) is 0 Å². The van der Waals surface area contributed by atoms with Crippen LogP contribution in [-0.2, 0) is 0 Å². The van der Waals surface area contributed by atoms with Crippen LogP contribution in [0.4, 0.5) is 13.2 Å². The lowest BCUT2D eigenvalue weighted by molar-refractivity contribution is -0.181. The van der Waals surface area contributed by atoms with E-state index in [-0.39, 0.29) is 24.0 Å². The maximum Gasteiger partial charge on any atom is 0.403 e. The summed E-state index contributed by atoms with van der Waals surface area (Å²) in [5.74, 6) is 1.71. The molecule has 0 aliphatic carbocycles. The molecule has 0 radical (unpaired) electrons. The molecule has 1 atom stereocenters. The number of nitrogens with one attached hydrogen (secondary N) is 1. The zero-order chi connectivity index (χ0) is 20.6. The number of guanidine groups is 1. The second kappa shape index (κ2) is 13.2. The Labute approximate surface area is 191 Å². The first-order valence-electron chi connectivity index (χ1n) is 10.9. The Morgan fingerprint density at radius 1 is 1.07 bits per heavy atom. The largest absolute Gasteiger partial charge is 0.403 e. The van der Waals surface area contributed by atoms with Gasteiger partial charge in [0.05, 0.1) is 0 Å². The topological polar surface area (TPSA) is 34.1 Å². The number of piperidine rings is 1. The van der Waals surface area contributed by atoms with E-state index in [4.69, 9.17) is 4.99 Å². The molecule has 29 heavy (non-hydrogen) atoms. The van der Waals surface area contributed by atoms with E-state index in [1.54, 1.807) is 0 Å². The summed E-state index contributed by atoms with van der Waals surface area (Å²) in [6.45, 7) is 12.7. The van der Waals surface area contributed by atoms with Gasteiger partial charge < -0.3 is 15.1 Å². The van der Waals surface area contributed by atoms with E-state index >= 15 is 0 Å². The SMILES string of the molecule is CCNC(=NCCCCN1CCC(C)CC1)N1CCN(C(C)C(F)(F)F)CC1.I. The van der Waals surface area contributed by atoms with Crippen molar-refractivity contribution < 1.29 is 13.2 Å². The monoisotopic (exact) mass is 533 g/mol. The van der Waals surface area contributed by atoms with Crippen molar-refractivity contribution in [1.29, 1.82) is 0 Å². The Kier molecular flexibility index (Phi) is 12.2. The summed E-state index contributed by atoms with van der Waals surface area (Å²) >= 11 is 0. The normalized spacial score (nSPS) is 21.7. The Balaban J connectivity index is 0.00000420. The lowest BCUT2D eigenvalue weighted by Gasteiger charge is -2.39. The van der Waals surface area contributed by atoms with Gasteiger partial charge >= 0.3 is 6.18 Å². The summed E-state index contributed by atoms with van der Waals surface area (Å²) in [6, 6.07) is -1.38. The number of rotatable bonds is 7. The molecule has 5 nitrogen and oxygen atoms in total. The number of hydrogen-bond acceptors (Lipinski definition) is 3. The Morgan fingerprint density at radius 3 is 2.24 bits per heavy atom. The number of unbranched alkanes of at least 4 members (excludes halogenated alkanes) is 1. The number of alkyl halides is 3. The Bertz CT molecular complexity index is 473. The van der Waals surface area contributed by atoms with Crippen LogP contribution in [0.5, 0.6) is 0 Å². The van der Waals surface area contributed by atoms with Crippen molar-refractivity contribution in [3.05, 3.63) is 0 Å². The third-order valence-corrected chi connectivity index (χ3v) is 5.99. The van der Waals surface area contributed by atoms with Gasteiger partial charge in [0.1, 0.15) is 6.04 Å². The number of aliphatic imine (C=N–C) groups is 1. The van der Waals surface area contributed by atoms with Crippen LogP contribution in [0, 0.1) is 5.92 Å². The van der Waals surface area contributed by atoms with E-state index in [2.05, 4.69) is 22.0 Å². The van der Waals surface area contributed by atoms with E-state index in [1.807, 2.05) is 6.92 Å². The third-order valence-electron chi connectivity index (χ3n) is 5.99. The van der Waals surface area contributed by atoms with Gasteiger partial charge in [-0.25, -0.2) is 0 Å².